The molecule has 18 heavy (non-hydrogen) atoms. The normalized spacial score (nSPS) is 10.7. The van der Waals surface area contributed by atoms with Crippen molar-refractivity contribution in [3.8, 4) is 17.1 Å². The van der Waals surface area contributed by atoms with Crippen LogP contribution >= 0.6 is 0 Å². The van der Waals surface area contributed by atoms with Gasteiger partial charge in [0, 0.05) is 5.56 Å². The molecule has 1 aromatic carbocycles. The van der Waals surface area contributed by atoms with Crippen LogP contribution < -0.4 is 4.74 Å². The van der Waals surface area contributed by atoms with Crippen molar-refractivity contribution in [2.45, 2.75) is 6.92 Å². The highest BCUT2D eigenvalue weighted by molar-refractivity contribution is 5.77. The van der Waals surface area contributed by atoms with Gasteiger partial charge in [0.15, 0.2) is 0 Å². The van der Waals surface area contributed by atoms with Crippen molar-refractivity contribution in [3.63, 3.8) is 0 Å². The van der Waals surface area contributed by atoms with Gasteiger partial charge in [0.2, 0.25) is 0 Å². The third kappa shape index (κ3) is 1.90. The summed E-state index contributed by atoms with van der Waals surface area (Å²) in [5.74, 6) is 1.63. The average Bonchev–Trinajstić information content (AvgIpc) is 2.83. The zero-order chi connectivity index (χ0) is 12.4. The predicted octanol–water partition coefficient (Wildman–Crippen LogP) is 2.42. The Bertz CT molecular complexity index is 644. The summed E-state index contributed by atoms with van der Waals surface area (Å²) in [4.78, 5) is 7.68. The van der Waals surface area contributed by atoms with Crippen LogP contribution in [0.5, 0.6) is 5.75 Å². The van der Waals surface area contributed by atoms with Gasteiger partial charge in [0.1, 0.15) is 17.1 Å². The summed E-state index contributed by atoms with van der Waals surface area (Å²) >= 11 is 0. The number of imidazole rings is 1. The lowest BCUT2D eigenvalue weighted by molar-refractivity contribution is 0.340. The van der Waals surface area contributed by atoms with Crippen molar-refractivity contribution in [3.05, 3.63) is 36.7 Å². The lowest BCUT2D eigenvalue weighted by Crippen LogP contribution is -1.91. The third-order valence-electron chi connectivity index (χ3n) is 2.61. The number of aromatic nitrogens is 4. The highest BCUT2D eigenvalue weighted by Gasteiger charge is 2.06. The second kappa shape index (κ2) is 4.44. The Hall–Kier alpha value is -2.43. The zero-order valence-electron chi connectivity index (χ0n) is 9.92. The molecule has 0 aliphatic rings. The molecule has 1 N–H and O–H groups in total. The summed E-state index contributed by atoms with van der Waals surface area (Å²) < 4.78 is 5.48. The molecule has 5 nitrogen and oxygen atoms in total. The van der Waals surface area contributed by atoms with E-state index in [1.165, 1.54) is 0 Å². The minimum absolute atomic E-state index is 0.650. The smallest absolute Gasteiger partial charge is 0.138 e. The van der Waals surface area contributed by atoms with Gasteiger partial charge in [0.05, 0.1) is 24.5 Å². The summed E-state index contributed by atoms with van der Waals surface area (Å²) in [6, 6.07) is 7.83. The fourth-order valence-electron chi connectivity index (χ4n) is 1.81. The maximum Gasteiger partial charge on any atom is 0.138 e. The Morgan fingerprint density at radius 2 is 2.11 bits per heavy atom. The van der Waals surface area contributed by atoms with Crippen LogP contribution in [0.4, 0.5) is 0 Å². The van der Waals surface area contributed by atoms with E-state index in [1.807, 2.05) is 31.2 Å². The summed E-state index contributed by atoms with van der Waals surface area (Å²) in [6.07, 6.45) is 3.31. The van der Waals surface area contributed by atoms with E-state index in [4.69, 9.17) is 4.74 Å². The van der Waals surface area contributed by atoms with Crippen LogP contribution in [-0.4, -0.2) is 26.8 Å². The molecule has 0 saturated heterocycles. The molecule has 0 radical (unpaired) electrons. The fourth-order valence-corrected chi connectivity index (χ4v) is 1.81. The van der Waals surface area contributed by atoms with Crippen LogP contribution in [0, 0.1) is 0 Å². The van der Waals surface area contributed by atoms with Crippen molar-refractivity contribution in [2.24, 2.45) is 0 Å². The summed E-state index contributed by atoms with van der Waals surface area (Å²) in [6.45, 7) is 2.61. The number of rotatable bonds is 3. The maximum atomic E-state index is 5.48. The SMILES string of the molecule is CCOc1cccc(-c2nc3cnncc3[nH]2)c1. The van der Waals surface area contributed by atoms with E-state index < -0.39 is 0 Å². The lowest BCUT2D eigenvalue weighted by atomic mass is 10.2. The molecule has 3 rings (SSSR count). The van der Waals surface area contributed by atoms with Crippen molar-refractivity contribution in [2.75, 3.05) is 6.61 Å². The van der Waals surface area contributed by atoms with E-state index >= 15 is 0 Å². The lowest BCUT2D eigenvalue weighted by Gasteiger charge is -2.03. The second-order valence-corrected chi connectivity index (χ2v) is 3.83. The van der Waals surface area contributed by atoms with E-state index in [2.05, 4.69) is 20.2 Å². The first kappa shape index (κ1) is 10.7. The van der Waals surface area contributed by atoms with E-state index in [9.17, 15) is 0 Å². The van der Waals surface area contributed by atoms with Gasteiger partial charge in [-0.25, -0.2) is 4.98 Å². The van der Waals surface area contributed by atoms with Crippen molar-refractivity contribution in [1.29, 1.82) is 0 Å². The van der Waals surface area contributed by atoms with E-state index in [-0.39, 0.29) is 0 Å². The Balaban J connectivity index is 2.05. The van der Waals surface area contributed by atoms with Gasteiger partial charge in [-0.15, -0.1) is 0 Å². The van der Waals surface area contributed by atoms with Gasteiger partial charge in [0.25, 0.3) is 0 Å². The monoisotopic (exact) mass is 240 g/mol. The van der Waals surface area contributed by atoms with Crippen LogP contribution in [-0.2, 0) is 0 Å². The molecule has 0 atom stereocenters. The number of nitrogens with zero attached hydrogens (tertiary/aromatic N) is 3. The third-order valence-corrected chi connectivity index (χ3v) is 2.61. The quantitative estimate of drug-likeness (QED) is 0.763. The van der Waals surface area contributed by atoms with Crippen LogP contribution in [0.25, 0.3) is 22.4 Å². The minimum Gasteiger partial charge on any atom is -0.494 e. The van der Waals surface area contributed by atoms with Crippen LogP contribution in [0.3, 0.4) is 0 Å². The van der Waals surface area contributed by atoms with Gasteiger partial charge in [-0.05, 0) is 19.1 Å². The van der Waals surface area contributed by atoms with Crippen molar-refractivity contribution < 1.29 is 4.74 Å². The number of hydrogen-bond acceptors (Lipinski definition) is 4. The first-order valence-electron chi connectivity index (χ1n) is 5.76. The van der Waals surface area contributed by atoms with Gasteiger partial charge < -0.3 is 9.72 Å². The molecule has 0 fully saturated rings. The fraction of sp³-hybridized carbons (Fsp3) is 0.154. The number of fused-ring (bicyclic) bond motifs is 1. The Morgan fingerprint density at radius 1 is 1.22 bits per heavy atom. The average molecular weight is 240 g/mol. The van der Waals surface area contributed by atoms with Gasteiger partial charge in [-0.3, -0.25) is 0 Å². The molecular formula is C13H12N4O. The van der Waals surface area contributed by atoms with Gasteiger partial charge in [-0.2, -0.15) is 10.2 Å². The molecule has 0 saturated carbocycles. The Morgan fingerprint density at radius 3 is 2.94 bits per heavy atom. The number of nitrogens with one attached hydrogen (secondary N) is 1. The number of benzene rings is 1. The zero-order valence-corrected chi connectivity index (χ0v) is 9.92. The number of H-pyrrole nitrogens is 1. The molecule has 2 aromatic heterocycles. The highest BCUT2D eigenvalue weighted by atomic mass is 16.5. The number of hydrogen-bond donors (Lipinski definition) is 1. The standard InChI is InChI=1S/C13H12N4O/c1-2-18-10-5-3-4-9(6-10)13-16-11-7-14-15-8-12(11)17-13/h3-8H,2H2,1H3,(H,16,17). The number of aromatic amines is 1. The van der Waals surface area contributed by atoms with E-state index in [0.29, 0.717) is 6.61 Å². The topological polar surface area (TPSA) is 63.7 Å². The molecule has 90 valence electrons. The minimum atomic E-state index is 0.650. The molecule has 3 aromatic rings. The van der Waals surface area contributed by atoms with Crippen LogP contribution in [0.1, 0.15) is 6.92 Å². The molecule has 0 amide bonds. The Kier molecular flexibility index (Phi) is 2.64. The number of ether oxygens (including phenoxy) is 1. The molecule has 0 bridgehead atoms. The van der Waals surface area contributed by atoms with E-state index in [0.717, 1.165) is 28.2 Å². The van der Waals surface area contributed by atoms with Gasteiger partial charge >= 0.3 is 0 Å². The summed E-state index contributed by atoms with van der Waals surface area (Å²) in [5.41, 5.74) is 2.67. The first-order chi connectivity index (χ1) is 8.86. The van der Waals surface area contributed by atoms with Crippen LogP contribution in [0.15, 0.2) is 36.7 Å². The first-order valence-corrected chi connectivity index (χ1v) is 5.76. The van der Waals surface area contributed by atoms with Crippen molar-refractivity contribution >= 4 is 11.0 Å². The summed E-state index contributed by atoms with van der Waals surface area (Å²) in [7, 11) is 0. The van der Waals surface area contributed by atoms with Gasteiger partial charge in [-0.1, -0.05) is 12.1 Å². The predicted molar refractivity (Wildman–Crippen MR) is 68.3 cm³/mol. The molecule has 0 aliphatic carbocycles. The van der Waals surface area contributed by atoms with Crippen LogP contribution in [0.2, 0.25) is 0 Å². The largest absolute Gasteiger partial charge is 0.494 e. The molecule has 5 heteroatoms. The van der Waals surface area contributed by atoms with E-state index in [1.54, 1.807) is 12.4 Å². The summed E-state index contributed by atoms with van der Waals surface area (Å²) in [5, 5.41) is 7.63. The Labute approximate surface area is 104 Å². The molecule has 0 spiro atoms. The molecule has 2 heterocycles. The molecular weight excluding hydrogens is 228 g/mol. The van der Waals surface area contributed by atoms with Crippen molar-refractivity contribution in [1.82, 2.24) is 20.2 Å². The molecule has 0 aliphatic heterocycles. The highest BCUT2D eigenvalue weighted by Crippen LogP contribution is 2.23. The second-order valence-electron chi connectivity index (χ2n) is 3.83. The maximum absolute atomic E-state index is 5.48. The molecule has 0 unspecified atom stereocenters.